The first kappa shape index (κ1) is 12.8. The van der Waals surface area contributed by atoms with Gasteiger partial charge in [0.2, 0.25) is 0 Å². The highest BCUT2D eigenvalue weighted by atomic mass is 32.1. The highest BCUT2D eigenvalue weighted by Gasteiger charge is 2.34. The van der Waals surface area contributed by atoms with Gasteiger partial charge in [-0.05, 0) is 31.2 Å². The Morgan fingerprint density at radius 3 is 2.82 bits per heavy atom. The summed E-state index contributed by atoms with van der Waals surface area (Å²) in [6.07, 6.45) is 5.84. The van der Waals surface area contributed by atoms with Crippen molar-refractivity contribution < 1.29 is 0 Å². The van der Waals surface area contributed by atoms with Crippen molar-refractivity contribution in [2.75, 3.05) is 18.5 Å². The topological polar surface area (TPSA) is 54.2 Å². The summed E-state index contributed by atoms with van der Waals surface area (Å²) in [5, 5.41) is 0.802. The Labute approximate surface area is 107 Å². The van der Waals surface area contributed by atoms with Crippen molar-refractivity contribution in [2.24, 2.45) is 11.3 Å². The number of hydrogen-bond donors (Lipinski definition) is 2. The lowest BCUT2D eigenvalue weighted by Crippen LogP contribution is -2.25. The Kier molecular flexibility index (Phi) is 4.01. The zero-order valence-corrected chi connectivity index (χ0v) is 11.5. The number of hydrogen-bond acceptors (Lipinski definition) is 5. The van der Waals surface area contributed by atoms with Crippen molar-refractivity contribution in [3.05, 3.63) is 11.1 Å². The third-order valence-electron chi connectivity index (χ3n) is 4.07. The maximum Gasteiger partial charge on any atom is 0.197 e. The molecule has 5 heteroatoms. The lowest BCUT2D eigenvalue weighted by molar-refractivity contribution is 0.237. The van der Waals surface area contributed by atoms with Crippen molar-refractivity contribution >= 4 is 16.5 Å². The van der Waals surface area contributed by atoms with Gasteiger partial charge in [-0.1, -0.05) is 25.2 Å². The van der Waals surface area contributed by atoms with Crippen molar-refractivity contribution in [1.29, 1.82) is 0 Å². The largest absolute Gasteiger partial charge is 0.300 e. The quantitative estimate of drug-likeness (QED) is 0.626. The zero-order chi connectivity index (χ0) is 12.3. The van der Waals surface area contributed by atoms with E-state index >= 15 is 0 Å². The molecule has 17 heavy (non-hydrogen) atoms. The van der Waals surface area contributed by atoms with Gasteiger partial charge in [-0.25, -0.2) is 10.8 Å². The average Bonchev–Trinajstić information content (AvgIpc) is 2.97. The molecule has 0 radical (unpaired) electrons. The van der Waals surface area contributed by atoms with Crippen LogP contribution in [-0.2, 0) is 6.54 Å². The van der Waals surface area contributed by atoms with Crippen molar-refractivity contribution in [3.63, 3.8) is 0 Å². The van der Waals surface area contributed by atoms with E-state index in [1.165, 1.54) is 37.2 Å². The number of nitrogens with zero attached hydrogens (tertiary/aromatic N) is 2. The Hall–Kier alpha value is -0.650. The molecule has 0 aliphatic carbocycles. The second-order valence-electron chi connectivity index (χ2n) is 4.94. The Bertz CT molecular complexity index is 359. The van der Waals surface area contributed by atoms with Gasteiger partial charge >= 0.3 is 0 Å². The molecule has 3 N–H and O–H groups in total. The minimum absolute atomic E-state index is 0.555. The highest BCUT2D eigenvalue weighted by molar-refractivity contribution is 7.15. The molecular weight excluding hydrogens is 232 g/mol. The number of nitrogen functional groups attached to an aromatic ring is 1. The Morgan fingerprint density at radius 1 is 1.53 bits per heavy atom. The summed E-state index contributed by atoms with van der Waals surface area (Å²) < 4.78 is 0. The van der Waals surface area contributed by atoms with Crippen LogP contribution >= 0.6 is 11.3 Å². The van der Waals surface area contributed by atoms with Gasteiger partial charge < -0.3 is 0 Å². The van der Waals surface area contributed by atoms with E-state index in [0.717, 1.165) is 11.7 Å². The van der Waals surface area contributed by atoms with Crippen LogP contribution < -0.4 is 11.3 Å². The monoisotopic (exact) mass is 254 g/mol. The first-order valence-electron chi connectivity index (χ1n) is 6.35. The summed E-state index contributed by atoms with van der Waals surface area (Å²) in [5.41, 5.74) is 3.15. The second-order valence-corrected chi connectivity index (χ2v) is 6.06. The molecule has 0 spiro atoms. The fourth-order valence-corrected chi connectivity index (χ4v) is 3.42. The zero-order valence-electron chi connectivity index (χ0n) is 10.7. The van der Waals surface area contributed by atoms with E-state index in [-0.39, 0.29) is 0 Å². The fourth-order valence-electron chi connectivity index (χ4n) is 2.66. The van der Waals surface area contributed by atoms with Crippen LogP contribution in [0.25, 0.3) is 0 Å². The first-order chi connectivity index (χ1) is 8.21. The average molecular weight is 254 g/mol. The Morgan fingerprint density at radius 2 is 2.29 bits per heavy atom. The number of hydrazine groups is 1. The van der Waals surface area contributed by atoms with Crippen LogP contribution in [0, 0.1) is 5.41 Å². The van der Waals surface area contributed by atoms with Crippen LogP contribution in [0.1, 0.15) is 38.0 Å². The molecule has 96 valence electrons. The SMILES string of the molecule is CCC1(CC)CCN(Cc2cnc(NN)s2)C1. The van der Waals surface area contributed by atoms with E-state index in [0.29, 0.717) is 5.41 Å². The van der Waals surface area contributed by atoms with Crippen LogP contribution in [0.5, 0.6) is 0 Å². The van der Waals surface area contributed by atoms with E-state index in [1.54, 1.807) is 11.3 Å². The molecule has 1 aromatic heterocycles. The smallest absolute Gasteiger partial charge is 0.197 e. The van der Waals surface area contributed by atoms with Crippen LogP contribution in [0.2, 0.25) is 0 Å². The number of nitrogens with one attached hydrogen (secondary N) is 1. The third-order valence-corrected chi connectivity index (χ3v) is 4.99. The molecule has 1 aromatic rings. The van der Waals surface area contributed by atoms with E-state index in [4.69, 9.17) is 5.84 Å². The van der Waals surface area contributed by atoms with Crippen molar-refractivity contribution in [2.45, 2.75) is 39.7 Å². The molecule has 4 nitrogen and oxygen atoms in total. The lowest BCUT2D eigenvalue weighted by Gasteiger charge is -2.26. The summed E-state index contributed by atoms with van der Waals surface area (Å²) in [6, 6.07) is 0. The summed E-state index contributed by atoms with van der Waals surface area (Å²) in [6.45, 7) is 8.08. The lowest BCUT2D eigenvalue weighted by atomic mass is 9.82. The van der Waals surface area contributed by atoms with Gasteiger partial charge in [0.05, 0.1) is 0 Å². The molecule has 1 aliphatic heterocycles. The van der Waals surface area contributed by atoms with E-state index in [9.17, 15) is 0 Å². The summed E-state index contributed by atoms with van der Waals surface area (Å²) in [7, 11) is 0. The number of rotatable bonds is 5. The molecule has 1 aliphatic rings. The standard InChI is InChI=1S/C12H22N4S/c1-3-12(4-2)5-6-16(9-12)8-10-7-14-11(15-13)17-10/h7H,3-6,8-9,13H2,1-2H3,(H,14,15). The molecule has 2 rings (SSSR count). The van der Waals surface area contributed by atoms with Crippen LogP contribution in [0.3, 0.4) is 0 Å². The highest BCUT2D eigenvalue weighted by Crippen LogP contribution is 2.37. The summed E-state index contributed by atoms with van der Waals surface area (Å²) in [5.74, 6) is 5.34. The van der Waals surface area contributed by atoms with Crippen LogP contribution in [0.4, 0.5) is 5.13 Å². The number of anilines is 1. The predicted octanol–water partition coefficient (Wildman–Crippen LogP) is 2.44. The molecule has 0 aromatic carbocycles. The van der Waals surface area contributed by atoms with Crippen molar-refractivity contribution in [1.82, 2.24) is 9.88 Å². The first-order valence-corrected chi connectivity index (χ1v) is 7.16. The minimum atomic E-state index is 0.555. The minimum Gasteiger partial charge on any atom is -0.300 e. The van der Waals surface area contributed by atoms with E-state index in [2.05, 4.69) is 29.2 Å². The fraction of sp³-hybridized carbons (Fsp3) is 0.750. The molecule has 0 amide bonds. The van der Waals surface area contributed by atoms with Gasteiger partial charge in [0.15, 0.2) is 5.13 Å². The van der Waals surface area contributed by atoms with Crippen molar-refractivity contribution in [3.8, 4) is 0 Å². The van der Waals surface area contributed by atoms with Crippen LogP contribution in [-0.4, -0.2) is 23.0 Å². The number of thiazole rings is 1. The summed E-state index contributed by atoms with van der Waals surface area (Å²) >= 11 is 1.65. The third kappa shape index (κ3) is 2.78. The van der Waals surface area contributed by atoms with E-state index in [1.807, 2.05) is 6.20 Å². The number of likely N-dealkylation sites (tertiary alicyclic amines) is 1. The normalized spacial score (nSPS) is 19.7. The molecule has 0 unspecified atom stereocenters. The molecule has 1 saturated heterocycles. The van der Waals surface area contributed by atoms with Gasteiger partial charge in [0.25, 0.3) is 0 Å². The molecule has 0 saturated carbocycles. The molecule has 1 fully saturated rings. The summed E-state index contributed by atoms with van der Waals surface area (Å²) in [4.78, 5) is 8.04. The van der Waals surface area contributed by atoms with Gasteiger partial charge in [0.1, 0.15) is 0 Å². The predicted molar refractivity (Wildman–Crippen MR) is 72.8 cm³/mol. The molecule has 0 atom stereocenters. The van der Waals surface area contributed by atoms with Gasteiger partial charge in [-0.2, -0.15) is 0 Å². The Balaban J connectivity index is 1.93. The van der Waals surface area contributed by atoms with Gasteiger partial charge in [-0.15, -0.1) is 0 Å². The number of nitrogens with two attached hydrogens (primary N) is 1. The van der Waals surface area contributed by atoms with E-state index < -0.39 is 0 Å². The molecule has 0 bridgehead atoms. The molecule has 2 heterocycles. The number of aromatic nitrogens is 1. The second kappa shape index (κ2) is 5.33. The maximum atomic E-state index is 5.34. The van der Waals surface area contributed by atoms with Crippen LogP contribution in [0.15, 0.2) is 6.20 Å². The molecular formula is C12H22N4S. The maximum absolute atomic E-state index is 5.34. The van der Waals surface area contributed by atoms with Gasteiger partial charge in [0, 0.05) is 24.2 Å². The van der Waals surface area contributed by atoms with Gasteiger partial charge in [-0.3, -0.25) is 10.3 Å².